The molecule has 0 bridgehead atoms. The van der Waals surface area contributed by atoms with Crippen LogP contribution in [0.2, 0.25) is 0 Å². The van der Waals surface area contributed by atoms with Crippen molar-refractivity contribution in [2.75, 3.05) is 20.2 Å². The van der Waals surface area contributed by atoms with Gasteiger partial charge in [0, 0.05) is 26.6 Å². The van der Waals surface area contributed by atoms with E-state index >= 15 is 0 Å². The van der Waals surface area contributed by atoms with E-state index in [0.29, 0.717) is 6.54 Å². The smallest absolute Gasteiger partial charge is 0.306 e. The van der Waals surface area contributed by atoms with Crippen molar-refractivity contribution >= 4 is 21.9 Å². The highest BCUT2D eigenvalue weighted by Crippen LogP contribution is 2.09. The number of likely N-dealkylation sites (N-methyl/N-ethyl adjacent to an activating group) is 1. The van der Waals surface area contributed by atoms with Gasteiger partial charge in [-0.25, -0.2) is 17.5 Å². The molecule has 0 atom stereocenters. The minimum atomic E-state index is -3.77. The summed E-state index contributed by atoms with van der Waals surface area (Å²) in [6.07, 6.45) is 0.162. The van der Waals surface area contributed by atoms with Crippen molar-refractivity contribution in [1.82, 2.24) is 9.62 Å². The Labute approximate surface area is 169 Å². The van der Waals surface area contributed by atoms with E-state index in [1.54, 1.807) is 7.05 Å². The molecule has 2 aromatic rings. The van der Waals surface area contributed by atoms with Gasteiger partial charge in [0.15, 0.2) is 6.61 Å². The molecule has 0 radical (unpaired) electrons. The summed E-state index contributed by atoms with van der Waals surface area (Å²) in [5.41, 5.74) is 0.961. The number of rotatable bonds is 10. The minimum absolute atomic E-state index is 0.0106. The molecular weight excluding hydrogens is 399 g/mol. The normalized spacial score (nSPS) is 11.1. The molecule has 0 unspecified atom stereocenters. The second kappa shape index (κ2) is 10.7. The summed E-state index contributed by atoms with van der Waals surface area (Å²) >= 11 is 0. The molecule has 0 spiro atoms. The zero-order valence-electron chi connectivity index (χ0n) is 16.0. The number of hydrogen-bond donors (Lipinski definition) is 1. The Morgan fingerprint density at radius 3 is 2.38 bits per heavy atom. The molecule has 1 amide bonds. The fourth-order valence-electron chi connectivity index (χ4n) is 2.41. The van der Waals surface area contributed by atoms with Crippen molar-refractivity contribution in [3.05, 3.63) is 66.0 Å². The number of ether oxygens (including phenoxy) is 1. The molecule has 0 saturated carbocycles. The average Bonchev–Trinajstić information content (AvgIpc) is 2.70. The van der Waals surface area contributed by atoms with Gasteiger partial charge < -0.3 is 9.64 Å². The molecule has 1 N–H and O–H groups in total. The molecule has 0 fully saturated rings. The molecule has 29 heavy (non-hydrogen) atoms. The predicted molar refractivity (Wildman–Crippen MR) is 105 cm³/mol. The first kappa shape index (κ1) is 22.5. The second-order valence-electron chi connectivity index (χ2n) is 6.35. The molecule has 9 heteroatoms. The van der Waals surface area contributed by atoms with Gasteiger partial charge in [-0.1, -0.05) is 30.3 Å². The first-order valence-corrected chi connectivity index (χ1v) is 10.4. The summed E-state index contributed by atoms with van der Waals surface area (Å²) in [5.74, 6) is -1.46. The number of sulfonamides is 1. The fraction of sp³-hybridized carbons (Fsp3) is 0.300. The number of hydrogen-bond acceptors (Lipinski definition) is 5. The fourth-order valence-corrected chi connectivity index (χ4v) is 3.48. The van der Waals surface area contributed by atoms with E-state index in [0.717, 1.165) is 29.8 Å². The van der Waals surface area contributed by atoms with Crippen molar-refractivity contribution in [2.24, 2.45) is 0 Å². The SMILES string of the molecule is CN(Cc1ccccc1)C(=O)COC(=O)CCCNS(=O)(=O)c1ccc(F)cc1. The number of carbonyl (C=O) groups excluding carboxylic acids is 2. The number of esters is 1. The molecule has 2 aromatic carbocycles. The maximum Gasteiger partial charge on any atom is 0.306 e. The second-order valence-corrected chi connectivity index (χ2v) is 8.12. The van der Waals surface area contributed by atoms with Crippen LogP contribution < -0.4 is 4.72 Å². The van der Waals surface area contributed by atoms with Gasteiger partial charge >= 0.3 is 5.97 Å². The third kappa shape index (κ3) is 7.63. The maximum atomic E-state index is 12.9. The van der Waals surface area contributed by atoms with Gasteiger partial charge in [-0.3, -0.25) is 9.59 Å². The standard InChI is InChI=1S/C20H23FN2O5S/c1-23(14-16-6-3-2-4-7-16)19(24)15-28-20(25)8-5-13-22-29(26,27)18-11-9-17(21)10-12-18/h2-4,6-7,9-12,22H,5,8,13-15H2,1H3. The molecule has 0 heterocycles. The quantitative estimate of drug-likeness (QED) is 0.468. The number of amides is 1. The van der Waals surface area contributed by atoms with Crippen molar-refractivity contribution in [3.8, 4) is 0 Å². The van der Waals surface area contributed by atoms with Crippen LogP contribution >= 0.6 is 0 Å². The van der Waals surface area contributed by atoms with Crippen molar-refractivity contribution < 1.29 is 27.1 Å². The van der Waals surface area contributed by atoms with Gasteiger partial charge in [0.25, 0.3) is 5.91 Å². The maximum absolute atomic E-state index is 12.9. The Hall–Kier alpha value is -2.78. The van der Waals surface area contributed by atoms with Crippen LogP contribution in [-0.4, -0.2) is 45.4 Å². The lowest BCUT2D eigenvalue weighted by atomic mass is 10.2. The number of benzene rings is 2. The molecule has 7 nitrogen and oxygen atoms in total. The lowest BCUT2D eigenvalue weighted by Gasteiger charge is -2.17. The Bertz CT molecular complexity index is 918. The van der Waals surface area contributed by atoms with E-state index in [1.807, 2.05) is 30.3 Å². The van der Waals surface area contributed by atoms with Gasteiger partial charge in [-0.15, -0.1) is 0 Å². The largest absolute Gasteiger partial charge is 0.456 e. The summed E-state index contributed by atoms with van der Waals surface area (Å²) in [4.78, 5) is 25.2. The van der Waals surface area contributed by atoms with E-state index in [9.17, 15) is 22.4 Å². The number of carbonyl (C=O) groups is 2. The van der Waals surface area contributed by atoms with E-state index in [2.05, 4.69) is 4.72 Å². The van der Waals surface area contributed by atoms with E-state index in [-0.39, 0.29) is 36.8 Å². The Morgan fingerprint density at radius 1 is 1.07 bits per heavy atom. The topological polar surface area (TPSA) is 92.8 Å². The Morgan fingerprint density at radius 2 is 1.72 bits per heavy atom. The summed E-state index contributed by atoms with van der Waals surface area (Å²) in [5, 5.41) is 0. The van der Waals surface area contributed by atoms with Crippen LogP contribution in [0.1, 0.15) is 18.4 Å². The van der Waals surface area contributed by atoms with Crippen LogP contribution in [0.15, 0.2) is 59.5 Å². The molecular formula is C20H23FN2O5S. The third-order valence-corrected chi connectivity index (χ3v) is 5.50. The van der Waals surface area contributed by atoms with Gasteiger partial charge in [0.1, 0.15) is 5.82 Å². The van der Waals surface area contributed by atoms with Gasteiger partial charge in [0.05, 0.1) is 4.90 Å². The zero-order chi connectivity index (χ0) is 21.3. The highest BCUT2D eigenvalue weighted by atomic mass is 32.2. The predicted octanol–water partition coefficient (Wildman–Crippen LogP) is 2.09. The van der Waals surface area contributed by atoms with E-state index in [4.69, 9.17) is 4.74 Å². The molecule has 0 saturated heterocycles. The van der Waals surface area contributed by atoms with Crippen LogP contribution in [0.4, 0.5) is 4.39 Å². The van der Waals surface area contributed by atoms with E-state index in [1.165, 1.54) is 4.90 Å². The van der Waals surface area contributed by atoms with Crippen LogP contribution in [0.5, 0.6) is 0 Å². The van der Waals surface area contributed by atoms with Crippen LogP contribution in [0.3, 0.4) is 0 Å². The number of halogens is 1. The highest BCUT2D eigenvalue weighted by Gasteiger charge is 2.15. The lowest BCUT2D eigenvalue weighted by molar-refractivity contribution is -0.151. The van der Waals surface area contributed by atoms with Crippen LogP contribution in [-0.2, 0) is 30.9 Å². The summed E-state index contributed by atoms with van der Waals surface area (Å²) in [7, 11) is -2.15. The van der Waals surface area contributed by atoms with Crippen molar-refractivity contribution in [2.45, 2.75) is 24.3 Å². The third-order valence-electron chi connectivity index (χ3n) is 4.02. The number of nitrogens with zero attached hydrogens (tertiary/aromatic N) is 1. The van der Waals surface area contributed by atoms with Crippen LogP contribution in [0.25, 0.3) is 0 Å². The van der Waals surface area contributed by atoms with Crippen LogP contribution in [0, 0.1) is 5.82 Å². The highest BCUT2D eigenvalue weighted by molar-refractivity contribution is 7.89. The Kier molecular flexibility index (Phi) is 8.29. The summed E-state index contributed by atoms with van der Waals surface area (Å²) in [6, 6.07) is 13.8. The number of nitrogens with one attached hydrogen (secondary N) is 1. The van der Waals surface area contributed by atoms with E-state index < -0.39 is 21.8 Å². The zero-order valence-corrected chi connectivity index (χ0v) is 16.8. The minimum Gasteiger partial charge on any atom is -0.456 e. The summed E-state index contributed by atoms with van der Waals surface area (Å²) in [6.45, 7) is 0.0442. The first-order chi connectivity index (χ1) is 13.8. The van der Waals surface area contributed by atoms with Gasteiger partial charge in [-0.2, -0.15) is 0 Å². The molecule has 0 aromatic heterocycles. The summed E-state index contributed by atoms with van der Waals surface area (Å²) < 4.78 is 44.2. The molecule has 0 aliphatic rings. The van der Waals surface area contributed by atoms with Gasteiger partial charge in [0.2, 0.25) is 10.0 Å². The lowest BCUT2D eigenvalue weighted by Crippen LogP contribution is -2.31. The molecule has 156 valence electrons. The molecule has 0 aliphatic carbocycles. The van der Waals surface area contributed by atoms with Crippen molar-refractivity contribution in [3.63, 3.8) is 0 Å². The van der Waals surface area contributed by atoms with Crippen molar-refractivity contribution in [1.29, 1.82) is 0 Å². The Balaban J connectivity index is 1.66. The molecule has 0 aliphatic heterocycles. The molecule has 2 rings (SSSR count). The van der Waals surface area contributed by atoms with Gasteiger partial charge in [-0.05, 0) is 36.2 Å². The average molecular weight is 422 g/mol. The first-order valence-electron chi connectivity index (χ1n) is 8.96. The monoisotopic (exact) mass is 422 g/mol.